The van der Waals surface area contributed by atoms with Crippen LogP contribution in [0.15, 0.2) is 6.33 Å². The minimum absolute atomic E-state index is 0.0410. The minimum atomic E-state index is -1.87. The van der Waals surface area contributed by atoms with Crippen molar-refractivity contribution in [2.75, 3.05) is 7.11 Å². The van der Waals surface area contributed by atoms with Gasteiger partial charge in [-0.25, -0.2) is 14.4 Å². The van der Waals surface area contributed by atoms with E-state index in [1.54, 1.807) is 0 Å². The molecule has 0 fully saturated rings. The van der Waals surface area contributed by atoms with Crippen LogP contribution in [0.2, 0.25) is 0 Å². The molecular weight excluding hydrogens is 202 g/mol. The van der Waals surface area contributed by atoms with Crippen LogP contribution in [0.25, 0.3) is 0 Å². The Hall–Kier alpha value is -1.21. The van der Waals surface area contributed by atoms with E-state index in [1.807, 2.05) is 0 Å². The van der Waals surface area contributed by atoms with Gasteiger partial charge in [-0.1, -0.05) is 0 Å². The molecule has 0 aromatic carbocycles. The lowest BCUT2D eigenvalue weighted by atomic mass is 9.76. The largest absolute Gasteiger partial charge is 0.496 e. The molecule has 0 atom stereocenters. The van der Waals surface area contributed by atoms with E-state index >= 15 is 0 Å². The fourth-order valence-corrected chi connectivity index (χ4v) is 1.25. The van der Waals surface area contributed by atoms with E-state index in [0.29, 0.717) is 0 Å². The summed E-state index contributed by atoms with van der Waals surface area (Å²) < 4.78 is 18.5. The van der Waals surface area contributed by atoms with Gasteiger partial charge in [-0.3, -0.25) is 0 Å². The summed E-state index contributed by atoms with van der Waals surface area (Å²) in [5.41, 5.74) is -2.04. The Kier molecular flexibility index (Phi) is 3.26. The van der Waals surface area contributed by atoms with E-state index in [1.165, 1.54) is 21.0 Å². The van der Waals surface area contributed by atoms with Crippen LogP contribution in [0.1, 0.15) is 19.5 Å². The standard InChI is InChI=1S/C8H12BFN2O3/c1-8(2,10)6-5(9(13)14)7(15-3)12-4-11-6/h4,13-14H,1-3H3. The van der Waals surface area contributed by atoms with Crippen LogP contribution in [0.3, 0.4) is 0 Å². The van der Waals surface area contributed by atoms with Crippen LogP contribution >= 0.6 is 0 Å². The highest BCUT2D eigenvalue weighted by Crippen LogP contribution is 2.22. The molecule has 0 radical (unpaired) electrons. The van der Waals surface area contributed by atoms with Crippen molar-refractivity contribution >= 4 is 12.6 Å². The Balaban J connectivity index is 3.39. The molecule has 82 valence electrons. The zero-order valence-corrected chi connectivity index (χ0v) is 8.73. The zero-order valence-electron chi connectivity index (χ0n) is 8.73. The lowest BCUT2D eigenvalue weighted by Crippen LogP contribution is -2.39. The monoisotopic (exact) mass is 214 g/mol. The highest BCUT2D eigenvalue weighted by Gasteiger charge is 2.32. The van der Waals surface area contributed by atoms with E-state index in [-0.39, 0.29) is 17.0 Å². The first-order valence-corrected chi connectivity index (χ1v) is 4.32. The van der Waals surface area contributed by atoms with E-state index in [4.69, 9.17) is 14.8 Å². The number of aromatic nitrogens is 2. The van der Waals surface area contributed by atoms with Crippen molar-refractivity contribution in [2.45, 2.75) is 19.5 Å². The minimum Gasteiger partial charge on any atom is -0.481 e. The number of nitrogens with zero attached hydrogens (tertiary/aromatic N) is 2. The molecule has 0 aliphatic rings. The Morgan fingerprint density at radius 2 is 2.00 bits per heavy atom. The van der Waals surface area contributed by atoms with E-state index < -0.39 is 12.8 Å². The van der Waals surface area contributed by atoms with Crippen LogP contribution < -0.4 is 10.2 Å². The predicted octanol–water partition coefficient (Wildman–Crippen LogP) is -0.630. The van der Waals surface area contributed by atoms with E-state index in [9.17, 15) is 4.39 Å². The first-order valence-electron chi connectivity index (χ1n) is 4.32. The van der Waals surface area contributed by atoms with Crippen LogP contribution in [0.5, 0.6) is 5.88 Å². The molecule has 0 amide bonds. The summed E-state index contributed by atoms with van der Waals surface area (Å²) in [7, 11) is -0.561. The van der Waals surface area contributed by atoms with Gasteiger partial charge < -0.3 is 14.8 Å². The van der Waals surface area contributed by atoms with Gasteiger partial charge >= 0.3 is 7.12 Å². The van der Waals surface area contributed by atoms with Crippen molar-refractivity contribution in [2.24, 2.45) is 0 Å². The van der Waals surface area contributed by atoms with Gasteiger partial charge in [-0.2, -0.15) is 0 Å². The van der Waals surface area contributed by atoms with Gasteiger partial charge in [0.15, 0.2) is 0 Å². The number of hydrogen-bond acceptors (Lipinski definition) is 5. The SMILES string of the molecule is COc1ncnc(C(C)(C)F)c1B(O)O. The Labute approximate surface area is 87.1 Å². The fourth-order valence-electron chi connectivity index (χ4n) is 1.25. The van der Waals surface area contributed by atoms with Crippen molar-refractivity contribution in [1.29, 1.82) is 0 Å². The molecule has 1 heterocycles. The molecule has 1 aromatic rings. The topological polar surface area (TPSA) is 75.5 Å². The van der Waals surface area contributed by atoms with Crippen LogP contribution in [-0.2, 0) is 5.67 Å². The molecule has 1 rings (SSSR count). The van der Waals surface area contributed by atoms with E-state index in [0.717, 1.165) is 6.33 Å². The molecule has 0 aliphatic carbocycles. The maximum Gasteiger partial charge on any atom is 0.496 e. The molecule has 0 bridgehead atoms. The third-order valence-electron chi connectivity index (χ3n) is 1.86. The van der Waals surface area contributed by atoms with Gasteiger partial charge in [0.05, 0.1) is 18.3 Å². The molecule has 0 unspecified atom stereocenters. The molecule has 0 spiro atoms. The second-order valence-electron chi connectivity index (χ2n) is 3.49. The maximum absolute atomic E-state index is 13.7. The summed E-state index contributed by atoms with van der Waals surface area (Å²) >= 11 is 0. The first kappa shape index (κ1) is 11.9. The highest BCUT2D eigenvalue weighted by molar-refractivity contribution is 6.60. The summed E-state index contributed by atoms with van der Waals surface area (Å²) in [4.78, 5) is 7.37. The summed E-state index contributed by atoms with van der Waals surface area (Å²) in [6.45, 7) is 2.53. The van der Waals surface area contributed by atoms with Gasteiger partial charge in [0.2, 0.25) is 5.88 Å². The fraction of sp³-hybridized carbons (Fsp3) is 0.500. The maximum atomic E-state index is 13.7. The first-order chi connectivity index (χ1) is 6.88. The van der Waals surface area contributed by atoms with Gasteiger partial charge in [0.1, 0.15) is 12.0 Å². The third-order valence-corrected chi connectivity index (χ3v) is 1.86. The predicted molar refractivity (Wildman–Crippen MR) is 52.5 cm³/mol. The average molecular weight is 214 g/mol. The Morgan fingerprint density at radius 3 is 2.40 bits per heavy atom. The van der Waals surface area contributed by atoms with Crippen molar-refractivity contribution in [3.8, 4) is 5.88 Å². The molecule has 15 heavy (non-hydrogen) atoms. The number of hydrogen-bond donors (Lipinski definition) is 2. The lowest BCUT2D eigenvalue weighted by Gasteiger charge is -2.18. The number of methoxy groups -OCH3 is 1. The van der Waals surface area contributed by atoms with Gasteiger partial charge in [0, 0.05) is 0 Å². The Bertz CT molecular complexity index is 354. The molecular formula is C8H12BFN2O3. The number of alkyl halides is 1. The summed E-state index contributed by atoms with van der Waals surface area (Å²) in [6.07, 6.45) is 1.11. The second-order valence-corrected chi connectivity index (χ2v) is 3.49. The second kappa shape index (κ2) is 4.12. The summed E-state index contributed by atoms with van der Waals surface area (Å²) in [5.74, 6) is -0.0410. The van der Waals surface area contributed by atoms with E-state index in [2.05, 4.69) is 9.97 Å². The van der Waals surface area contributed by atoms with Crippen LogP contribution in [-0.4, -0.2) is 34.2 Å². The molecule has 0 saturated heterocycles. The van der Waals surface area contributed by atoms with Crippen molar-refractivity contribution in [3.63, 3.8) is 0 Å². The van der Waals surface area contributed by atoms with Gasteiger partial charge in [0.25, 0.3) is 0 Å². The summed E-state index contributed by atoms with van der Waals surface area (Å²) in [6, 6.07) is 0. The summed E-state index contributed by atoms with van der Waals surface area (Å²) in [5, 5.41) is 18.2. The molecule has 0 aliphatic heterocycles. The van der Waals surface area contributed by atoms with Gasteiger partial charge in [-0.15, -0.1) is 0 Å². The Morgan fingerprint density at radius 1 is 1.40 bits per heavy atom. The highest BCUT2D eigenvalue weighted by atomic mass is 19.1. The molecule has 5 nitrogen and oxygen atoms in total. The van der Waals surface area contributed by atoms with Crippen molar-refractivity contribution in [1.82, 2.24) is 9.97 Å². The van der Waals surface area contributed by atoms with Crippen molar-refractivity contribution < 1.29 is 19.2 Å². The molecule has 7 heteroatoms. The number of rotatable bonds is 3. The lowest BCUT2D eigenvalue weighted by molar-refractivity contribution is 0.214. The van der Waals surface area contributed by atoms with Crippen LogP contribution in [0, 0.1) is 0 Å². The normalized spacial score (nSPS) is 11.3. The van der Waals surface area contributed by atoms with Gasteiger partial charge in [-0.05, 0) is 13.8 Å². The van der Waals surface area contributed by atoms with Crippen molar-refractivity contribution in [3.05, 3.63) is 12.0 Å². The molecule has 1 aromatic heterocycles. The molecule has 2 N–H and O–H groups in total. The zero-order chi connectivity index (χ0) is 11.6. The number of ether oxygens (including phenoxy) is 1. The third kappa shape index (κ3) is 2.43. The quantitative estimate of drug-likeness (QED) is 0.655. The smallest absolute Gasteiger partial charge is 0.481 e. The molecule has 0 saturated carbocycles. The number of halogens is 1. The average Bonchev–Trinajstić information content (AvgIpc) is 2.15. The van der Waals surface area contributed by atoms with Crippen LogP contribution in [0.4, 0.5) is 4.39 Å².